The number of ether oxygens (including phenoxy) is 1. The first-order valence-corrected chi connectivity index (χ1v) is 12.1. The van der Waals surface area contributed by atoms with E-state index in [2.05, 4.69) is 15.2 Å². The minimum Gasteiger partial charge on any atom is -0.457 e. The second-order valence-corrected chi connectivity index (χ2v) is 9.02. The molecule has 37 heavy (non-hydrogen) atoms. The number of amides is 1. The first-order chi connectivity index (χ1) is 17.9. The summed E-state index contributed by atoms with van der Waals surface area (Å²) >= 11 is 0. The molecule has 1 heterocycles. The molecule has 0 aliphatic rings. The predicted molar refractivity (Wildman–Crippen MR) is 140 cm³/mol. The second-order valence-electron chi connectivity index (χ2n) is 9.02. The molecule has 1 N–H and O–H groups in total. The van der Waals surface area contributed by atoms with Gasteiger partial charge in [0.2, 0.25) is 5.89 Å². The summed E-state index contributed by atoms with van der Waals surface area (Å²) in [5, 5.41) is 2.84. The van der Waals surface area contributed by atoms with Crippen molar-refractivity contribution in [2.75, 3.05) is 27.2 Å². The molecule has 0 fully saturated rings. The molecular formula is C29H31FN4O3. The quantitative estimate of drug-likeness (QED) is 0.291. The van der Waals surface area contributed by atoms with Crippen LogP contribution in [-0.4, -0.2) is 47.9 Å². The molecule has 0 saturated carbocycles. The summed E-state index contributed by atoms with van der Waals surface area (Å²) < 4.78 is 25.1. The first-order valence-electron chi connectivity index (χ1n) is 12.1. The Hall–Kier alpha value is -4.01. The number of aromatic nitrogens is 1. The van der Waals surface area contributed by atoms with Gasteiger partial charge in [-0.15, -0.1) is 0 Å². The monoisotopic (exact) mass is 502 g/mol. The van der Waals surface area contributed by atoms with E-state index in [-0.39, 0.29) is 17.4 Å². The molecule has 3 aromatic carbocycles. The van der Waals surface area contributed by atoms with Gasteiger partial charge in [0.15, 0.2) is 5.69 Å². The topological polar surface area (TPSA) is 70.8 Å². The molecule has 1 amide bonds. The van der Waals surface area contributed by atoms with E-state index < -0.39 is 0 Å². The minimum atomic E-state index is -0.279. The number of nitrogens with zero attached hydrogens (tertiary/aromatic N) is 3. The van der Waals surface area contributed by atoms with Gasteiger partial charge in [-0.3, -0.25) is 9.69 Å². The van der Waals surface area contributed by atoms with Crippen molar-refractivity contribution < 1.29 is 18.3 Å². The summed E-state index contributed by atoms with van der Waals surface area (Å²) in [5.41, 5.74) is 2.23. The molecule has 0 aliphatic heterocycles. The van der Waals surface area contributed by atoms with Gasteiger partial charge in [0.25, 0.3) is 5.91 Å². The number of hydrogen-bond donors (Lipinski definition) is 1. The number of likely N-dealkylation sites (N-methyl/N-ethyl adjacent to an activating group) is 1. The highest BCUT2D eigenvalue weighted by atomic mass is 19.1. The highest BCUT2D eigenvalue weighted by Gasteiger charge is 2.16. The molecule has 4 aromatic rings. The number of oxazole rings is 1. The summed E-state index contributed by atoms with van der Waals surface area (Å²) in [4.78, 5) is 20.9. The molecule has 8 heteroatoms. The van der Waals surface area contributed by atoms with Gasteiger partial charge >= 0.3 is 0 Å². The molecule has 0 atom stereocenters. The summed E-state index contributed by atoms with van der Waals surface area (Å²) in [6, 6.07) is 23.9. The average molecular weight is 503 g/mol. The fraction of sp³-hybridized carbons (Fsp3) is 0.241. The molecule has 0 unspecified atom stereocenters. The Labute approximate surface area is 216 Å². The maximum Gasteiger partial charge on any atom is 0.273 e. The fourth-order valence-corrected chi connectivity index (χ4v) is 3.77. The van der Waals surface area contributed by atoms with E-state index in [1.165, 1.54) is 18.4 Å². The molecule has 0 radical (unpaired) electrons. The second kappa shape index (κ2) is 12.8. The van der Waals surface area contributed by atoms with Crippen molar-refractivity contribution >= 4 is 5.91 Å². The Balaban J connectivity index is 1.47. The van der Waals surface area contributed by atoms with Crippen molar-refractivity contribution in [3.05, 3.63) is 114 Å². The third-order valence-electron chi connectivity index (χ3n) is 5.59. The van der Waals surface area contributed by atoms with E-state index in [1.54, 1.807) is 12.1 Å². The SMILES string of the molecule is CN(C)CCNC(=O)c1coc(CN(Cc2ccc(F)cc2)Cc2cccc(Oc3ccccc3)c2)n1. The molecule has 4 rings (SSSR count). The molecular weight excluding hydrogens is 471 g/mol. The lowest BCUT2D eigenvalue weighted by Gasteiger charge is -2.21. The van der Waals surface area contributed by atoms with Gasteiger partial charge in [-0.25, -0.2) is 9.37 Å². The van der Waals surface area contributed by atoms with Crippen LogP contribution in [0.15, 0.2) is 89.5 Å². The maximum atomic E-state index is 13.5. The summed E-state index contributed by atoms with van der Waals surface area (Å²) in [5.74, 6) is 1.38. The summed E-state index contributed by atoms with van der Waals surface area (Å²) in [6.45, 7) is 2.72. The third-order valence-corrected chi connectivity index (χ3v) is 5.59. The van der Waals surface area contributed by atoms with Gasteiger partial charge in [0, 0.05) is 26.2 Å². The molecule has 0 spiro atoms. The van der Waals surface area contributed by atoms with Crippen LogP contribution in [-0.2, 0) is 19.6 Å². The summed E-state index contributed by atoms with van der Waals surface area (Å²) in [7, 11) is 3.89. The number of para-hydroxylation sites is 1. The van der Waals surface area contributed by atoms with Crippen LogP contribution in [0.4, 0.5) is 4.39 Å². The minimum absolute atomic E-state index is 0.244. The molecule has 0 saturated heterocycles. The van der Waals surface area contributed by atoms with Crippen LogP contribution in [0.2, 0.25) is 0 Å². The van der Waals surface area contributed by atoms with E-state index in [1.807, 2.05) is 73.6 Å². The first kappa shape index (κ1) is 26.1. The standard InChI is InChI=1S/C29H31FN4O3/c1-33(2)16-15-31-29(35)27-21-36-28(32-27)20-34(18-22-11-13-24(30)14-12-22)19-23-7-6-10-26(17-23)37-25-8-4-3-5-9-25/h3-14,17,21H,15-16,18-20H2,1-2H3,(H,31,35). The van der Waals surface area contributed by atoms with Crippen molar-refractivity contribution in [2.24, 2.45) is 0 Å². The van der Waals surface area contributed by atoms with E-state index in [0.717, 1.165) is 29.2 Å². The van der Waals surface area contributed by atoms with Crippen molar-refractivity contribution in [1.29, 1.82) is 0 Å². The lowest BCUT2D eigenvalue weighted by atomic mass is 10.1. The van der Waals surface area contributed by atoms with Crippen LogP contribution in [0.25, 0.3) is 0 Å². The normalized spacial score (nSPS) is 11.2. The average Bonchev–Trinajstić information content (AvgIpc) is 3.34. The molecule has 0 bridgehead atoms. The smallest absolute Gasteiger partial charge is 0.273 e. The van der Waals surface area contributed by atoms with Gasteiger partial charge < -0.3 is 19.4 Å². The van der Waals surface area contributed by atoms with Gasteiger partial charge in [-0.2, -0.15) is 0 Å². The number of carbonyl (C=O) groups is 1. The Morgan fingerprint density at radius 2 is 1.65 bits per heavy atom. The molecule has 7 nitrogen and oxygen atoms in total. The van der Waals surface area contributed by atoms with Gasteiger partial charge in [0.1, 0.15) is 23.6 Å². The zero-order valence-corrected chi connectivity index (χ0v) is 21.1. The van der Waals surface area contributed by atoms with E-state index in [0.29, 0.717) is 32.1 Å². The zero-order chi connectivity index (χ0) is 26.0. The van der Waals surface area contributed by atoms with Gasteiger partial charge in [-0.1, -0.05) is 42.5 Å². The van der Waals surface area contributed by atoms with Crippen LogP contribution in [0, 0.1) is 5.82 Å². The number of benzene rings is 3. The van der Waals surface area contributed by atoms with Crippen molar-refractivity contribution in [3.8, 4) is 11.5 Å². The number of hydrogen-bond acceptors (Lipinski definition) is 6. The number of carbonyl (C=O) groups excluding carboxylic acids is 1. The number of nitrogens with one attached hydrogen (secondary N) is 1. The fourth-order valence-electron chi connectivity index (χ4n) is 3.77. The van der Waals surface area contributed by atoms with E-state index in [4.69, 9.17) is 9.15 Å². The number of halogens is 1. The molecule has 1 aromatic heterocycles. The van der Waals surface area contributed by atoms with Crippen molar-refractivity contribution in [1.82, 2.24) is 20.1 Å². The van der Waals surface area contributed by atoms with Crippen LogP contribution in [0.5, 0.6) is 11.5 Å². The zero-order valence-electron chi connectivity index (χ0n) is 21.1. The van der Waals surface area contributed by atoms with Gasteiger partial charge in [0.05, 0.1) is 6.54 Å². The maximum absolute atomic E-state index is 13.5. The lowest BCUT2D eigenvalue weighted by Crippen LogP contribution is -2.31. The Morgan fingerprint density at radius 1 is 0.919 bits per heavy atom. The van der Waals surface area contributed by atoms with Crippen molar-refractivity contribution in [3.63, 3.8) is 0 Å². The molecule has 192 valence electrons. The third kappa shape index (κ3) is 8.27. The Kier molecular flexibility index (Phi) is 9.02. The van der Waals surface area contributed by atoms with E-state index in [9.17, 15) is 9.18 Å². The summed E-state index contributed by atoms with van der Waals surface area (Å²) in [6.07, 6.45) is 1.38. The Morgan fingerprint density at radius 3 is 2.41 bits per heavy atom. The van der Waals surface area contributed by atoms with Crippen LogP contribution >= 0.6 is 0 Å². The van der Waals surface area contributed by atoms with Crippen LogP contribution in [0.3, 0.4) is 0 Å². The van der Waals surface area contributed by atoms with Gasteiger partial charge in [-0.05, 0) is 61.6 Å². The molecule has 0 aliphatic carbocycles. The van der Waals surface area contributed by atoms with E-state index >= 15 is 0 Å². The highest BCUT2D eigenvalue weighted by molar-refractivity contribution is 5.91. The van der Waals surface area contributed by atoms with Crippen LogP contribution in [0.1, 0.15) is 27.5 Å². The lowest BCUT2D eigenvalue weighted by molar-refractivity contribution is 0.0946. The largest absolute Gasteiger partial charge is 0.457 e. The Bertz CT molecular complexity index is 1280. The van der Waals surface area contributed by atoms with Crippen molar-refractivity contribution in [2.45, 2.75) is 19.6 Å². The predicted octanol–water partition coefficient (Wildman–Crippen LogP) is 5.10. The highest BCUT2D eigenvalue weighted by Crippen LogP contribution is 2.23. The number of rotatable bonds is 12. The van der Waals surface area contributed by atoms with Crippen LogP contribution < -0.4 is 10.1 Å².